The van der Waals surface area contributed by atoms with Crippen molar-refractivity contribution in [3.8, 4) is 5.75 Å². The van der Waals surface area contributed by atoms with Gasteiger partial charge >= 0.3 is 15.9 Å². The summed E-state index contributed by atoms with van der Waals surface area (Å²) >= 11 is 0. The van der Waals surface area contributed by atoms with Crippen LogP contribution in [0.25, 0.3) is 11.2 Å². The van der Waals surface area contributed by atoms with Crippen LogP contribution in [0.15, 0.2) is 36.9 Å². The highest BCUT2D eigenvalue weighted by Crippen LogP contribution is 2.26. The number of benzene rings is 1. The Balaban J connectivity index is 1.42. The van der Waals surface area contributed by atoms with Gasteiger partial charge in [-0.3, -0.25) is 9.78 Å². The van der Waals surface area contributed by atoms with Gasteiger partial charge in [0, 0.05) is 12.1 Å². The fourth-order valence-corrected chi connectivity index (χ4v) is 4.08. The molecule has 0 spiro atoms. The van der Waals surface area contributed by atoms with Gasteiger partial charge in [-0.15, -0.1) is 0 Å². The minimum atomic E-state index is -4.31. The quantitative estimate of drug-likeness (QED) is 0.188. The number of anilines is 1. The molecule has 0 bridgehead atoms. The van der Waals surface area contributed by atoms with Gasteiger partial charge in [0.25, 0.3) is 5.91 Å². The molecular weight excluding hydrogens is 446 g/mol. The Morgan fingerprint density at radius 3 is 2.66 bits per heavy atom. The van der Waals surface area contributed by atoms with E-state index in [1.807, 2.05) is 4.72 Å². The van der Waals surface area contributed by atoms with Crippen LogP contribution >= 0.6 is 0 Å². The fraction of sp³-hybridized carbons (Fsp3) is 0.294. The maximum Gasteiger partial charge on any atom is 0.309 e. The number of amides is 1. The predicted octanol–water partition coefficient (Wildman–Crippen LogP) is -2.58. The van der Waals surface area contributed by atoms with Gasteiger partial charge in [-0.25, -0.2) is 9.29 Å². The lowest BCUT2D eigenvalue weighted by Crippen LogP contribution is -2.46. The molecule has 2 aromatic heterocycles. The molecular formula is C17H20N7O7S+. The number of hydrogen-bond acceptors (Lipinski definition) is 10. The van der Waals surface area contributed by atoms with Gasteiger partial charge < -0.3 is 25.8 Å². The Morgan fingerprint density at radius 2 is 1.94 bits per heavy atom. The van der Waals surface area contributed by atoms with Crippen LogP contribution in [0.1, 0.15) is 16.6 Å². The number of phenolic OH excluding ortho intramolecular Hbond substituents is 1. The number of phenols is 1. The molecule has 1 aliphatic heterocycles. The number of aromatic amines is 1. The number of aromatic hydroxyl groups is 1. The molecule has 0 unspecified atom stereocenters. The van der Waals surface area contributed by atoms with Crippen LogP contribution in [0.4, 0.5) is 5.82 Å². The summed E-state index contributed by atoms with van der Waals surface area (Å²) in [6, 6.07) is 4.97. The third kappa shape index (κ3) is 4.19. The monoisotopic (exact) mass is 466 g/mol. The zero-order chi connectivity index (χ0) is 23.0. The van der Waals surface area contributed by atoms with E-state index >= 15 is 0 Å². The fourth-order valence-electron chi connectivity index (χ4n) is 3.26. The minimum Gasteiger partial charge on any atom is -0.508 e. The van der Waals surface area contributed by atoms with Crippen molar-refractivity contribution < 1.29 is 37.8 Å². The summed E-state index contributed by atoms with van der Waals surface area (Å²) in [6.07, 6.45) is -2.41. The van der Waals surface area contributed by atoms with E-state index in [0.29, 0.717) is 11.2 Å². The number of nitrogen functional groups attached to an aromatic ring is 1. The number of aliphatic hydroxyl groups is 2. The summed E-state index contributed by atoms with van der Waals surface area (Å²) < 4.78 is 35.4. The van der Waals surface area contributed by atoms with Crippen molar-refractivity contribution in [3.05, 3.63) is 42.5 Å². The van der Waals surface area contributed by atoms with Crippen LogP contribution in [-0.4, -0.2) is 69.5 Å². The predicted molar refractivity (Wildman–Crippen MR) is 107 cm³/mol. The number of nitrogens with two attached hydrogens (primary N) is 1. The van der Waals surface area contributed by atoms with E-state index in [1.165, 1.54) is 41.5 Å². The number of ether oxygens (including phenoxy) is 1. The van der Waals surface area contributed by atoms with Gasteiger partial charge in [0.05, 0.1) is 0 Å². The summed E-state index contributed by atoms with van der Waals surface area (Å²) in [5.41, 5.74) is 6.50. The number of aliphatic hydroxyl groups excluding tert-OH is 2. The van der Waals surface area contributed by atoms with Crippen molar-refractivity contribution in [2.45, 2.75) is 24.5 Å². The standard InChI is InChI=1S/C17H19N7O7S/c18-14-11-15(20-6-19-14)24(7-21-11)17-13(27)12(26)10(31-17)5-22-32(29,30)23-16(28)8-1-3-9(25)4-2-8/h1-4,6-7,10,12-13,17,22,26-27H,5H2,(H4,18,19,20,23,25,28)/p+1/t10-,12-,13-,17-/m1/s1. The molecule has 1 aromatic carbocycles. The highest BCUT2D eigenvalue weighted by Gasteiger charge is 2.46. The SMILES string of the molecule is Nc1ncnc2c1[nH]c[n+]2[C@@H]1O[C@H](CNS(=O)(=O)NC(=O)c2ccc(O)cc2)[C@@H](O)[C@H]1O. The Hall–Kier alpha value is -3.37. The number of nitrogens with one attached hydrogen (secondary N) is 3. The molecule has 3 aromatic rings. The molecule has 14 nitrogen and oxygen atoms in total. The van der Waals surface area contributed by atoms with Crippen molar-refractivity contribution in [1.82, 2.24) is 24.4 Å². The van der Waals surface area contributed by atoms with Crippen molar-refractivity contribution in [3.63, 3.8) is 0 Å². The van der Waals surface area contributed by atoms with Gasteiger partial charge in [0.1, 0.15) is 24.1 Å². The van der Waals surface area contributed by atoms with Crippen LogP contribution in [0, 0.1) is 0 Å². The van der Waals surface area contributed by atoms with Gasteiger partial charge in [-0.1, -0.05) is 4.98 Å². The first-order valence-corrected chi connectivity index (χ1v) is 10.8. The summed E-state index contributed by atoms with van der Waals surface area (Å²) in [7, 11) is -4.31. The Labute approximate surface area is 180 Å². The average Bonchev–Trinajstić information content (AvgIpc) is 3.29. The zero-order valence-corrected chi connectivity index (χ0v) is 17.1. The van der Waals surface area contributed by atoms with Crippen LogP contribution in [0.5, 0.6) is 5.75 Å². The molecule has 0 saturated carbocycles. The lowest BCUT2D eigenvalue weighted by Gasteiger charge is -2.15. The topological polar surface area (TPSA) is 217 Å². The lowest BCUT2D eigenvalue weighted by atomic mass is 10.1. The number of nitrogens with zero attached hydrogens (tertiary/aromatic N) is 3. The Morgan fingerprint density at radius 1 is 1.22 bits per heavy atom. The van der Waals surface area contributed by atoms with Crippen molar-refractivity contribution in [2.75, 3.05) is 12.3 Å². The zero-order valence-electron chi connectivity index (χ0n) is 16.3. The second-order valence-corrected chi connectivity index (χ2v) is 8.51. The van der Waals surface area contributed by atoms with Crippen LogP contribution in [0.2, 0.25) is 0 Å². The number of carbonyl (C=O) groups is 1. The molecule has 0 aliphatic carbocycles. The van der Waals surface area contributed by atoms with E-state index in [0.717, 1.165) is 0 Å². The van der Waals surface area contributed by atoms with Crippen molar-refractivity contribution in [1.29, 1.82) is 0 Å². The Bertz CT molecular complexity index is 1250. The first kappa shape index (κ1) is 21.8. The van der Waals surface area contributed by atoms with E-state index in [-0.39, 0.29) is 17.1 Å². The smallest absolute Gasteiger partial charge is 0.309 e. The highest BCUT2D eigenvalue weighted by atomic mass is 32.2. The maximum atomic E-state index is 12.2. The minimum absolute atomic E-state index is 0.0119. The average molecular weight is 466 g/mol. The van der Waals surface area contributed by atoms with Crippen LogP contribution in [-0.2, 0) is 14.9 Å². The molecule has 170 valence electrons. The molecule has 0 radical (unpaired) electrons. The number of fused-ring (bicyclic) bond motifs is 1. The summed E-state index contributed by atoms with van der Waals surface area (Å²) in [4.78, 5) is 22.9. The molecule has 1 fully saturated rings. The van der Waals surface area contributed by atoms with E-state index in [2.05, 4.69) is 19.7 Å². The van der Waals surface area contributed by atoms with E-state index < -0.39 is 47.2 Å². The first-order chi connectivity index (χ1) is 15.2. The van der Waals surface area contributed by atoms with Gasteiger partial charge in [0.2, 0.25) is 11.7 Å². The van der Waals surface area contributed by atoms with Crippen LogP contribution < -0.4 is 19.7 Å². The largest absolute Gasteiger partial charge is 0.508 e. The normalized spacial score (nSPS) is 23.4. The van der Waals surface area contributed by atoms with Gasteiger partial charge in [-0.05, 0) is 24.3 Å². The molecule has 32 heavy (non-hydrogen) atoms. The number of rotatable bonds is 6. The molecule has 1 saturated heterocycles. The Kier molecular flexibility index (Phi) is 5.66. The van der Waals surface area contributed by atoms with E-state index in [9.17, 15) is 28.5 Å². The summed E-state index contributed by atoms with van der Waals surface area (Å²) in [6.45, 7) is -0.438. The number of H-pyrrole nitrogens is 1. The highest BCUT2D eigenvalue weighted by molar-refractivity contribution is 7.88. The van der Waals surface area contributed by atoms with Crippen molar-refractivity contribution in [2.24, 2.45) is 0 Å². The second kappa shape index (κ2) is 8.29. The van der Waals surface area contributed by atoms with E-state index in [1.54, 1.807) is 0 Å². The first-order valence-electron chi connectivity index (χ1n) is 9.27. The summed E-state index contributed by atoms with van der Waals surface area (Å²) in [5.74, 6) is -0.823. The third-order valence-electron chi connectivity index (χ3n) is 4.89. The number of imidazole rings is 1. The molecule has 1 amide bonds. The third-order valence-corrected chi connectivity index (χ3v) is 5.89. The second-order valence-electron chi connectivity index (χ2n) is 7.01. The number of aromatic nitrogens is 4. The molecule has 8 N–H and O–H groups in total. The number of hydrogen-bond donors (Lipinski definition) is 7. The number of carbonyl (C=O) groups excluding carboxylic acids is 1. The molecule has 4 atom stereocenters. The van der Waals surface area contributed by atoms with Gasteiger partial charge in [0.15, 0.2) is 18.5 Å². The molecule has 3 heterocycles. The summed E-state index contributed by atoms with van der Waals surface area (Å²) in [5, 5.41) is 30.0. The maximum absolute atomic E-state index is 12.2. The van der Waals surface area contributed by atoms with Gasteiger partial charge in [-0.2, -0.15) is 18.1 Å². The molecule has 15 heteroatoms. The van der Waals surface area contributed by atoms with Crippen molar-refractivity contribution >= 4 is 33.1 Å². The molecule has 4 rings (SSSR count). The van der Waals surface area contributed by atoms with Crippen LogP contribution in [0.3, 0.4) is 0 Å². The lowest BCUT2D eigenvalue weighted by molar-refractivity contribution is -0.745. The van der Waals surface area contributed by atoms with E-state index in [4.69, 9.17) is 10.5 Å². The molecule has 1 aliphatic rings.